The zero-order valence-electron chi connectivity index (χ0n) is 18.7. The number of carbonyl (C=O) groups is 2. The highest BCUT2D eigenvalue weighted by atomic mass is 16.5. The van der Waals surface area contributed by atoms with E-state index in [1.165, 1.54) is 6.92 Å². The Morgan fingerprint density at radius 3 is 2.58 bits per heavy atom. The Balaban J connectivity index is 1.63. The first kappa shape index (κ1) is 21.3. The van der Waals surface area contributed by atoms with Crippen LogP contribution in [-0.4, -0.2) is 64.4 Å². The molecule has 2 aromatic rings. The Bertz CT molecular complexity index is 968. The summed E-state index contributed by atoms with van der Waals surface area (Å²) >= 11 is 0. The summed E-state index contributed by atoms with van der Waals surface area (Å²) in [6.07, 6.45) is 4.91. The van der Waals surface area contributed by atoms with Crippen LogP contribution >= 0.6 is 0 Å². The van der Waals surface area contributed by atoms with Gasteiger partial charge in [-0.2, -0.15) is 0 Å². The largest absolute Gasteiger partial charge is 0.363 e. The first-order chi connectivity index (χ1) is 14.8. The SMILES string of the molecule is CC(=O)N(C)Cc1cc(N(C)C)nc([C@@H]2CCCCN2C(=O)c2cc(C3CC3)on2)n1. The van der Waals surface area contributed by atoms with E-state index in [9.17, 15) is 9.59 Å². The van der Waals surface area contributed by atoms with Crippen molar-refractivity contribution in [3.05, 3.63) is 35.1 Å². The van der Waals surface area contributed by atoms with Gasteiger partial charge in [0.25, 0.3) is 5.91 Å². The van der Waals surface area contributed by atoms with Crippen molar-refractivity contribution < 1.29 is 14.1 Å². The monoisotopic (exact) mass is 426 g/mol. The molecule has 1 saturated carbocycles. The van der Waals surface area contributed by atoms with Crippen LogP contribution in [0.3, 0.4) is 0 Å². The second kappa shape index (κ2) is 8.64. The maximum atomic E-state index is 13.3. The van der Waals surface area contributed by atoms with Crippen LogP contribution in [0.15, 0.2) is 16.7 Å². The Morgan fingerprint density at radius 2 is 1.90 bits per heavy atom. The highest BCUT2D eigenvalue weighted by Gasteiger charge is 2.34. The molecule has 1 saturated heterocycles. The molecule has 0 unspecified atom stereocenters. The third-order valence-corrected chi connectivity index (χ3v) is 5.97. The summed E-state index contributed by atoms with van der Waals surface area (Å²) in [6, 6.07) is 3.44. The van der Waals surface area contributed by atoms with E-state index in [1.807, 2.05) is 30.0 Å². The van der Waals surface area contributed by atoms with Crippen LogP contribution in [0.1, 0.15) is 78.8 Å². The van der Waals surface area contributed by atoms with Crippen LogP contribution in [0.25, 0.3) is 0 Å². The summed E-state index contributed by atoms with van der Waals surface area (Å²) < 4.78 is 5.40. The molecular formula is C22H30N6O3. The minimum atomic E-state index is -0.233. The number of aromatic nitrogens is 3. The number of amides is 2. The summed E-state index contributed by atoms with van der Waals surface area (Å²) in [5.74, 6) is 2.41. The molecule has 2 aromatic heterocycles. The molecule has 1 aliphatic carbocycles. The topological polar surface area (TPSA) is 95.7 Å². The average Bonchev–Trinajstić information content (AvgIpc) is 3.49. The smallest absolute Gasteiger partial charge is 0.276 e. The molecule has 0 spiro atoms. The molecule has 9 heteroatoms. The van der Waals surface area contributed by atoms with E-state index < -0.39 is 0 Å². The van der Waals surface area contributed by atoms with E-state index in [4.69, 9.17) is 14.5 Å². The third-order valence-electron chi connectivity index (χ3n) is 5.97. The summed E-state index contributed by atoms with van der Waals surface area (Å²) in [7, 11) is 5.59. The van der Waals surface area contributed by atoms with E-state index in [2.05, 4.69) is 5.16 Å². The zero-order chi connectivity index (χ0) is 22.1. The van der Waals surface area contributed by atoms with Crippen molar-refractivity contribution in [2.24, 2.45) is 0 Å². The lowest BCUT2D eigenvalue weighted by Gasteiger charge is -2.34. The summed E-state index contributed by atoms with van der Waals surface area (Å²) in [6.45, 7) is 2.55. The molecule has 1 atom stereocenters. The predicted molar refractivity (Wildman–Crippen MR) is 115 cm³/mol. The number of hydrogen-bond acceptors (Lipinski definition) is 7. The molecule has 0 radical (unpaired) electrons. The number of carbonyl (C=O) groups excluding carboxylic acids is 2. The van der Waals surface area contributed by atoms with E-state index in [0.717, 1.165) is 49.4 Å². The Kier molecular flexibility index (Phi) is 5.93. The molecule has 2 amide bonds. The number of hydrogen-bond donors (Lipinski definition) is 0. The van der Waals surface area contributed by atoms with Gasteiger partial charge in [-0.05, 0) is 32.1 Å². The van der Waals surface area contributed by atoms with Gasteiger partial charge in [-0.3, -0.25) is 9.59 Å². The van der Waals surface area contributed by atoms with E-state index in [0.29, 0.717) is 30.5 Å². The molecule has 1 aliphatic heterocycles. The number of likely N-dealkylation sites (tertiary alicyclic amines) is 1. The van der Waals surface area contributed by atoms with Crippen LogP contribution in [0.4, 0.5) is 5.82 Å². The van der Waals surface area contributed by atoms with Gasteiger partial charge in [-0.15, -0.1) is 0 Å². The lowest BCUT2D eigenvalue weighted by molar-refractivity contribution is -0.128. The second-order valence-corrected chi connectivity index (χ2v) is 8.74. The maximum absolute atomic E-state index is 13.3. The molecule has 4 rings (SSSR count). The number of anilines is 1. The van der Waals surface area contributed by atoms with Crippen LogP contribution in [0.2, 0.25) is 0 Å². The van der Waals surface area contributed by atoms with Crippen molar-refractivity contribution in [3.63, 3.8) is 0 Å². The number of nitrogens with zero attached hydrogens (tertiary/aromatic N) is 6. The zero-order valence-corrected chi connectivity index (χ0v) is 18.7. The minimum Gasteiger partial charge on any atom is -0.363 e. The maximum Gasteiger partial charge on any atom is 0.276 e. The van der Waals surface area contributed by atoms with Gasteiger partial charge < -0.3 is 19.2 Å². The fraction of sp³-hybridized carbons (Fsp3) is 0.591. The van der Waals surface area contributed by atoms with Gasteiger partial charge in [0, 0.05) is 52.7 Å². The molecule has 2 fully saturated rings. The summed E-state index contributed by atoms with van der Waals surface area (Å²) in [4.78, 5) is 39.9. The first-order valence-electron chi connectivity index (χ1n) is 10.9. The van der Waals surface area contributed by atoms with Gasteiger partial charge in [0.15, 0.2) is 11.5 Å². The molecular weight excluding hydrogens is 396 g/mol. The molecule has 0 aromatic carbocycles. The Labute approximate surface area is 182 Å². The van der Waals surface area contributed by atoms with Gasteiger partial charge >= 0.3 is 0 Å². The van der Waals surface area contributed by atoms with Gasteiger partial charge in [-0.25, -0.2) is 9.97 Å². The molecule has 3 heterocycles. The summed E-state index contributed by atoms with van der Waals surface area (Å²) in [5.41, 5.74) is 1.11. The highest BCUT2D eigenvalue weighted by Crippen LogP contribution is 2.40. The van der Waals surface area contributed by atoms with Crippen LogP contribution < -0.4 is 4.90 Å². The molecule has 0 bridgehead atoms. The second-order valence-electron chi connectivity index (χ2n) is 8.74. The Hall–Kier alpha value is -2.97. The van der Waals surface area contributed by atoms with Gasteiger partial charge in [0.05, 0.1) is 18.3 Å². The minimum absolute atomic E-state index is 0.0291. The van der Waals surface area contributed by atoms with E-state index >= 15 is 0 Å². The van der Waals surface area contributed by atoms with Crippen molar-refractivity contribution in [2.45, 2.75) is 57.5 Å². The average molecular weight is 427 g/mol. The van der Waals surface area contributed by atoms with Crippen molar-refractivity contribution in [1.82, 2.24) is 24.9 Å². The quantitative estimate of drug-likeness (QED) is 0.701. The first-order valence-corrected chi connectivity index (χ1v) is 10.9. The van der Waals surface area contributed by atoms with Crippen molar-refractivity contribution >= 4 is 17.6 Å². The van der Waals surface area contributed by atoms with Crippen molar-refractivity contribution in [2.75, 3.05) is 32.6 Å². The number of piperidine rings is 1. The van der Waals surface area contributed by atoms with Gasteiger partial charge in [-0.1, -0.05) is 5.16 Å². The molecule has 166 valence electrons. The molecule has 0 N–H and O–H groups in total. The fourth-order valence-corrected chi connectivity index (χ4v) is 3.86. The Morgan fingerprint density at radius 1 is 1.13 bits per heavy atom. The lowest BCUT2D eigenvalue weighted by Crippen LogP contribution is -2.39. The molecule has 2 aliphatic rings. The number of rotatable bonds is 6. The van der Waals surface area contributed by atoms with Crippen LogP contribution in [-0.2, 0) is 11.3 Å². The molecule has 9 nitrogen and oxygen atoms in total. The van der Waals surface area contributed by atoms with Crippen LogP contribution in [0, 0.1) is 0 Å². The normalized spacial score (nSPS) is 18.7. The van der Waals surface area contributed by atoms with Crippen molar-refractivity contribution in [1.29, 1.82) is 0 Å². The standard InChI is InChI=1S/C22H30N6O3/c1-14(29)27(4)13-16-11-20(26(2)3)24-21(23-16)18-7-5-6-10-28(18)22(30)17-12-19(31-25-17)15-8-9-15/h11-12,15,18H,5-10,13H2,1-4H3/t18-/m0/s1. The van der Waals surface area contributed by atoms with Gasteiger partial charge in [0.1, 0.15) is 11.6 Å². The van der Waals surface area contributed by atoms with E-state index in [-0.39, 0.29) is 17.9 Å². The fourth-order valence-electron chi connectivity index (χ4n) is 3.86. The summed E-state index contributed by atoms with van der Waals surface area (Å²) in [5, 5.41) is 4.04. The predicted octanol–water partition coefficient (Wildman–Crippen LogP) is 2.75. The lowest BCUT2D eigenvalue weighted by atomic mass is 10.0. The van der Waals surface area contributed by atoms with Gasteiger partial charge in [0.2, 0.25) is 5.91 Å². The molecule has 31 heavy (non-hydrogen) atoms. The van der Waals surface area contributed by atoms with E-state index in [1.54, 1.807) is 18.0 Å². The highest BCUT2D eigenvalue weighted by molar-refractivity contribution is 5.92. The van der Waals surface area contributed by atoms with Crippen LogP contribution in [0.5, 0.6) is 0 Å². The third kappa shape index (κ3) is 4.70. The van der Waals surface area contributed by atoms with Crippen molar-refractivity contribution in [3.8, 4) is 0 Å².